The molecule has 0 aromatic carbocycles. The third-order valence-electron chi connectivity index (χ3n) is 1.73. The van der Waals surface area contributed by atoms with Crippen LogP contribution in [-0.2, 0) is 6.42 Å². The van der Waals surface area contributed by atoms with Crippen LogP contribution in [0.25, 0.3) is 0 Å². The summed E-state index contributed by atoms with van der Waals surface area (Å²) in [5.41, 5.74) is 2.30. The van der Waals surface area contributed by atoms with E-state index in [1.165, 1.54) is 0 Å². The van der Waals surface area contributed by atoms with Gasteiger partial charge < -0.3 is 10.1 Å². The molecule has 1 heterocycles. The lowest BCUT2D eigenvalue weighted by molar-refractivity contribution is 0.0691. The van der Waals surface area contributed by atoms with Crippen LogP contribution in [0.2, 0.25) is 0 Å². The third kappa shape index (κ3) is 1.42. The van der Waals surface area contributed by atoms with Crippen molar-refractivity contribution in [3.05, 3.63) is 23.0 Å². The van der Waals surface area contributed by atoms with Crippen molar-refractivity contribution < 1.29 is 9.90 Å². The zero-order valence-electron chi connectivity index (χ0n) is 6.64. The molecule has 2 N–H and O–H groups in total. The van der Waals surface area contributed by atoms with Gasteiger partial charge in [-0.05, 0) is 25.0 Å². The van der Waals surface area contributed by atoms with Crippen LogP contribution in [0.5, 0.6) is 0 Å². The number of aromatic nitrogens is 1. The van der Waals surface area contributed by atoms with Gasteiger partial charge in [-0.2, -0.15) is 0 Å². The summed E-state index contributed by atoms with van der Waals surface area (Å²) in [7, 11) is 0. The monoisotopic (exact) mass is 153 g/mol. The van der Waals surface area contributed by atoms with Gasteiger partial charge in [-0.1, -0.05) is 6.92 Å². The van der Waals surface area contributed by atoms with Crippen molar-refractivity contribution >= 4 is 5.97 Å². The molecule has 0 amide bonds. The number of hydrogen-bond donors (Lipinski definition) is 2. The van der Waals surface area contributed by atoms with Gasteiger partial charge >= 0.3 is 5.97 Å². The van der Waals surface area contributed by atoms with E-state index in [2.05, 4.69) is 4.98 Å². The van der Waals surface area contributed by atoms with Gasteiger partial charge in [0.05, 0.1) is 0 Å². The molecule has 0 saturated carbocycles. The van der Waals surface area contributed by atoms with Crippen LogP contribution in [0.15, 0.2) is 6.07 Å². The summed E-state index contributed by atoms with van der Waals surface area (Å²) in [6.07, 6.45) is 0.871. The van der Waals surface area contributed by atoms with Gasteiger partial charge in [0, 0.05) is 5.69 Å². The first-order valence-electron chi connectivity index (χ1n) is 3.57. The highest BCUT2D eigenvalue weighted by molar-refractivity contribution is 5.85. The smallest absolute Gasteiger partial charge is 0.352 e. The Bertz CT molecular complexity index is 276. The average molecular weight is 153 g/mol. The van der Waals surface area contributed by atoms with E-state index in [-0.39, 0.29) is 5.69 Å². The molecular weight excluding hydrogens is 142 g/mol. The Hall–Kier alpha value is -1.25. The molecule has 11 heavy (non-hydrogen) atoms. The predicted octanol–water partition coefficient (Wildman–Crippen LogP) is 1.58. The lowest BCUT2D eigenvalue weighted by Gasteiger charge is -1.88. The van der Waals surface area contributed by atoms with E-state index in [9.17, 15) is 4.79 Å². The number of nitrogens with one attached hydrogen (secondary N) is 1. The number of aromatic carboxylic acids is 1. The zero-order valence-corrected chi connectivity index (χ0v) is 6.64. The van der Waals surface area contributed by atoms with E-state index in [0.29, 0.717) is 0 Å². The maximum Gasteiger partial charge on any atom is 0.352 e. The predicted molar refractivity (Wildman–Crippen MR) is 41.9 cm³/mol. The fourth-order valence-electron chi connectivity index (χ4n) is 1.08. The van der Waals surface area contributed by atoms with Crippen LogP contribution in [-0.4, -0.2) is 16.1 Å². The number of aryl methyl sites for hydroxylation is 2. The molecule has 0 unspecified atom stereocenters. The summed E-state index contributed by atoms with van der Waals surface area (Å²) in [5, 5.41) is 8.59. The number of rotatable bonds is 2. The van der Waals surface area contributed by atoms with E-state index in [0.717, 1.165) is 17.7 Å². The van der Waals surface area contributed by atoms with Crippen molar-refractivity contribution in [2.75, 3.05) is 0 Å². The fourth-order valence-corrected chi connectivity index (χ4v) is 1.08. The van der Waals surface area contributed by atoms with Crippen LogP contribution in [0.1, 0.15) is 28.7 Å². The molecule has 1 rings (SSSR count). The molecule has 0 bridgehead atoms. The summed E-state index contributed by atoms with van der Waals surface area (Å²) < 4.78 is 0. The van der Waals surface area contributed by atoms with Crippen molar-refractivity contribution in [3.8, 4) is 0 Å². The Balaban J connectivity index is 3.05. The van der Waals surface area contributed by atoms with Gasteiger partial charge in [-0.3, -0.25) is 0 Å². The molecular formula is C8H11NO2. The number of hydrogen-bond acceptors (Lipinski definition) is 1. The second-order valence-electron chi connectivity index (χ2n) is 2.49. The maximum atomic E-state index is 10.5. The van der Waals surface area contributed by atoms with Gasteiger partial charge in [0.1, 0.15) is 5.69 Å². The van der Waals surface area contributed by atoms with Crippen molar-refractivity contribution in [3.63, 3.8) is 0 Å². The number of carboxylic acids is 1. The maximum absolute atomic E-state index is 10.5. The highest BCUT2D eigenvalue weighted by Gasteiger charge is 2.07. The highest BCUT2D eigenvalue weighted by atomic mass is 16.4. The molecule has 0 aliphatic heterocycles. The lowest BCUT2D eigenvalue weighted by Crippen LogP contribution is -1.95. The molecule has 0 spiro atoms. The first-order valence-corrected chi connectivity index (χ1v) is 3.57. The van der Waals surface area contributed by atoms with Gasteiger partial charge in [-0.15, -0.1) is 0 Å². The number of H-pyrrole nitrogens is 1. The molecule has 3 heteroatoms. The van der Waals surface area contributed by atoms with E-state index in [1.54, 1.807) is 6.07 Å². The first kappa shape index (κ1) is 7.85. The molecule has 1 aromatic heterocycles. The van der Waals surface area contributed by atoms with Crippen molar-refractivity contribution in [2.24, 2.45) is 0 Å². The van der Waals surface area contributed by atoms with E-state index < -0.39 is 5.97 Å². The second kappa shape index (κ2) is 2.78. The van der Waals surface area contributed by atoms with Crippen LogP contribution in [0.3, 0.4) is 0 Å². The minimum absolute atomic E-state index is 0.277. The zero-order chi connectivity index (χ0) is 8.43. The largest absolute Gasteiger partial charge is 0.477 e. The molecule has 3 nitrogen and oxygen atoms in total. The molecule has 0 saturated heterocycles. The molecule has 1 aromatic rings. The van der Waals surface area contributed by atoms with Crippen LogP contribution >= 0.6 is 0 Å². The van der Waals surface area contributed by atoms with E-state index in [4.69, 9.17) is 5.11 Å². The molecule has 0 radical (unpaired) electrons. The number of aromatic amines is 1. The van der Waals surface area contributed by atoms with E-state index >= 15 is 0 Å². The summed E-state index contributed by atoms with van der Waals surface area (Å²) >= 11 is 0. The van der Waals surface area contributed by atoms with Crippen LogP contribution < -0.4 is 0 Å². The quantitative estimate of drug-likeness (QED) is 0.677. The Labute approximate surface area is 65.1 Å². The summed E-state index contributed by atoms with van der Waals surface area (Å²) in [6, 6.07) is 1.68. The van der Waals surface area contributed by atoms with Crippen molar-refractivity contribution in [2.45, 2.75) is 20.3 Å². The number of carboxylic acid groups (broad SMARTS) is 1. The molecule has 0 atom stereocenters. The normalized spacial score (nSPS) is 10.0. The Morgan fingerprint density at radius 3 is 2.64 bits per heavy atom. The van der Waals surface area contributed by atoms with Gasteiger partial charge in [0.2, 0.25) is 0 Å². The first-order chi connectivity index (χ1) is 5.15. The Kier molecular flexibility index (Phi) is 1.98. The Morgan fingerprint density at radius 1 is 1.73 bits per heavy atom. The van der Waals surface area contributed by atoms with Crippen molar-refractivity contribution in [1.82, 2.24) is 4.98 Å². The topological polar surface area (TPSA) is 53.1 Å². The summed E-state index contributed by atoms with van der Waals surface area (Å²) in [5.74, 6) is -0.896. The summed E-state index contributed by atoms with van der Waals surface area (Å²) in [6.45, 7) is 3.88. The van der Waals surface area contributed by atoms with E-state index in [1.807, 2.05) is 13.8 Å². The SMILES string of the molecule is CCc1cc(C(=O)O)[nH]c1C. The Morgan fingerprint density at radius 2 is 2.36 bits per heavy atom. The average Bonchev–Trinajstić information content (AvgIpc) is 2.31. The standard InChI is InChI=1S/C8H11NO2/c1-3-6-4-7(8(10)11)9-5(6)2/h4,9H,3H2,1-2H3,(H,10,11). The molecule has 0 fully saturated rings. The van der Waals surface area contributed by atoms with Gasteiger partial charge in [0.15, 0.2) is 0 Å². The lowest BCUT2D eigenvalue weighted by atomic mass is 10.2. The fraction of sp³-hybridized carbons (Fsp3) is 0.375. The summed E-state index contributed by atoms with van der Waals surface area (Å²) in [4.78, 5) is 13.2. The molecule has 60 valence electrons. The minimum Gasteiger partial charge on any atom is -0.477 e. The number of carbonyl (C=O) groups is 1. The second-order valence-corrected chi connectivity index (χ2v) is 2.49. The molecule has 0 aliphatic rings. The van der Waals surface area contributed by atoms with Gasteiger partial charge in [0.25, 0.3) is 0 Å². The third-order valence-corrected chi connectivity index (χ3v) is 1.73. The van der Waals surface area contributed by atoms with Crippen LogP contribution in [0.4, 0.5) is 0 Å². The minimum atomic E-state index is -0.896. The van der Waals surface area contributed by atoms with Crippen molar-refractivity contribution in [1.29, 1.82) is 0 Å². The van der Waals surface area contributed by atoms with Gasteiger partial charge in [-0.25, -0.2) is 4.79 Å². The molecule has 0 aliphatic carbocycles. The highest BCUT2D eigenvalue weighted by Crippen LogP contribution is 2.09. The van der Waals surface area contributed by atoms with Crippen LogP contribution in [0, 0.1) is 6.92 Å².